The molecule has 102 valence electrons. The first-order valence-corrected chi connectivity index (χ1v) is 5.44. The number of ether oxygens (including phenoxy) is 2. The molecule has 8 heteroatoms. The van der Waals surface area contributed by atoms with Crippen molar-refractivity contribution in [3.8, 4) is 0 Å². The Morgan fingerprint density at radius 3 is 2.83 bits per heavy atom. The van der Waals surface area contributed by atoms with Gasteiger partial charge < -0.3 is 25.6 Å². The number of rotatable bonds is 7. The maximum absolute atomic E-state index is 11.6. The van der Waals surface area contributed by atoms with Crippen LogP contribution in [0.5, 0.6) is 0 Å². The lowest BCUT2D eigenvalue weighted by Crippen LogP contribution is -2.12. The van der Waals surface area contributed by atoms with Gasteiger partial charge in [0.05, 0.1) is 26.9 Å². The molecule has 4 N–H and O–H groups in total. The average molecular weight is 258 g/mol. The molecule has 0 amide bonds. The average Bonchev–Trinajstić information content (AvgIpc) is 2.66. The van der Waals surface area contributed by atoms with Gasteiger partial charge in [-0.05, 0) is 0 Å². The molecule has 0 unspecified atom stereocenters. The summed E-state index contributed by atoms with van der Waals surface area (Å²) in [5.74, 6) is -0.0859. The van der Waals surface area contributed by atoms with E-state index in [2.05, 4.69) is 15.2 Å². The second-order valence-electron chi connectivity index (χ2n) is 3.47. The van der Waals surface area contributed by atoms with Crippen molar-refractivity contribution in [3.05, 3.63) is 5.56 Å². The fourth-order valence-corrected chi connectivity index (χ4v) is 1.44. The molecule has 18 heavy (non-hydrogen) atoms. The van der Waals surface area contributed by atoms with Crippen LogP contribution in [0.4, 0.5) is 11.6 Å². The Labute approximate surface area is 105 Å². The van der Waals surface area contributed by atoms with Crippen LogP contribution in [0.2, 0.25) is 0 Å². The van der Waals surface area contributed by atoms with Gasteiger partial charge in [0, 0.05) is 13.7 Å². The van der Waals surface area contributed by atoms with Crippen molar-refractivity contribution in [1.29, 1.82) is 0 Å². The van der Waals surface area contributed by atoms with E-state index in [1.807, 2.05) is 0 Å². The summed E-state index contributed by atoms with van der Waals surface area (Å²) < 4.78 is 10.9. The van der Waals surface area contributed by atoms with Crippen LogP contribution in [0.15, 0.2) is 0 Å². The third-order valence-corrected chi connectivity index (χ3v) is 2.29. The summed E-state index contributed by atoms with van der Waals surface area (Å²) in [7, 11) is 2.84. The van der Waals surface area contributed by atoms with Gasteiger partial charge in [0.1, 0.15) is 11.4 Å². The molecular weight excluding hydrogens is 240 g/mol. The zero-order chi connectivity index (χ0) is 13.5. The molecule has 1 aromatic heterocycles. The minimum atomic E-state index is -0.573. The van der Waals surface area contributed by atoms with Crippen molar-refractivity contribution in [2.45, 2.75) is 6.54 Å². The molecule has 0 bridgehead atoms. The van der Waals surface area contributed by atoms with E-state index in [1.165, 1.54) is 11.8 Å². The molecule has 0 aliphatic heterocycles. The van der Waals surface area contributed by atoms with Crippen molar-refractivity contribution < 1.29 is 19.4 Å². The minimum absolute atomic E-state index is 0.121. The molecule has 0 radical (unpaired) electrons. The summed E-state index contributed by atoms with van der Waals surface area (Å²) in [6.45, 7) is 1.04. The molecule has 0 saturated carbocycles. The Hall–Kier alpha value is -1.80. The van der Waals surface area contributed by atoms with Gasteiger partial charge in [0.2, 0.25) is 0 Å². The number of nitrogens with one attached hydrogen (secondary N) is 1. The number of aromatic nitrogens is 2. The van der Waals surface area contributed by atoms with E-state index in [4.69, 9.17) is 15.6 Å². The van der Waals surface area contributed by atoms with Crippen LogP contribution in [0.25, 0.3) is 0 Å². The molecule has 1 rings (SSSR count). The number of carbonyl (C=O) groups excluding carboxylic acids is 1. The summed E-state index contributed by atoms with van der Waals surface area (Å²) in [6.07, 6.45) is 0. The van der Waals surface area contributed by atoms with E-state index >= 15 is 0 Å². The van der Waals surface area contributed by atoms with E-state index < -0.39 is 5.97 Å². The zero-order valence-electron chi connectivity index (χ0n) is 10.5. The number of aliphatic hydroxyl groups is 1. The van der Waals surface area contributed by atoms with Gasteiger partial charge in [-0.15, -0.1) is 0 Å². The monoisotopic (exact) mass is 258 g/mol. The van der Waals surface area contributed by atoms with Gasteiger partial charge >= 0.3 is 5.97 Å². The molecule has 0 saturated heterocycles. The Morgan fingerprint density at radius 1 is 1.56 bits per heavy atom. The van der Waals surface area contributed by atoms with Gasteiger partial charge in [-0.25, -0.2) is 9.48 Å². The first-order valence-electron chi connectivity index (χ1n) is 5.44. The van der Waals surface area contributed by atoms with Crippen LogP contribution in [0.1, 0.15) is 10.4 Å². The number of carbonyl (C=O) groups is 1. The van der Waals surface area contributed by atoms with E-state index in [-0.39, 0.29) is 24.5 Å². The lowest BCUT2D eigenvalue weighted by atomic mass is 10.3. The number of hydrogen-bond donors (Lipinski definition) is 3. The summed E-state index contributed by atoms with van der Waals surface area (Å²) >= 11 is 0. The van der Waals surface area contributed by atoms with E-state index in [0.717, 1.165) is 0 Å². The molecular formula is C10H18N4O4. The second kappa shape index (κ2) is 6.82. The highest BCUT2D eigenvalue weighted by atomic mass is 16.5. The van der Waals surface area contributed by atoms with Gasteiger partial charge in [-0.2, -0.15) is 5.10 Å². The Bertz CT molecular complexity index is 405. The number of anilines is 2. The lowest BCUT2D eigenvalue weighted by molar-refractivity contribution is 0.0603. The van der Waals surface area contributed by atoms with Gasteiger partial charge in [-0.3, -0.25) is 0 Å². The topological polar surface area (TPSA) is 112 Å². The van der Waals surface area contributed by atoms with Gasteiger partial charge in [0.15, 0.2) is 5.82 Å². The van der Waals surface area contributed by atoms with Crippen molar-refractivity contribution >= 4 is 17.6 Å². The van der Waals surface area contributed by atoms with Crippen molar-refractivity contribution in [3.63, 3.8) is 0 Å². The largest absolute Gasteiger partial charge is 0.465 e. The first-order chi connectivity index (χ1) is 8.65. The molecule has 0 aliphatic rings. The highest BCUT2D eigenvalue weighted by Gasteiger charge is 2.22. The molecule has 0 aliphatic carbocycles. The molecule has 0 atom stereocenters. The summed E-state index contributed by atoms with van der Waals surface area (Å²) in [6, 6.07) is 0. The van der Waals surface area contributed by atoms with Crippen LogP contribution in [0, 0.1) is 0 Å². The van der Waals surface area contributed by atoms with E-state index in [9.17, 15) is 4.79 Å². The number of hydrogen-bond acceptors (Lipinski definition) is 7. The highest BCUT2D eigenvalue weighted by molar-refractivity contribution is 5.99. The van der Waals surface area contributed by atoms with Crippen molar-refractivity contribution in [2.75, 3.05) is 45.0 Å². The van der Waals surface area contributed by atoms with Crippen LogP contribution < -0.4 is 11.1 Å². The number of methoxy groups -OCH3 is 2. The number of nitrogen functional groups attached to an aromatic ring is 1. The van der Waals surface area contributed by atoms with E-state index in [0.29, 0.717) is 19.0 Å². The Balaban J connectivity index is 2.97. The van der Waals surface area contributed by atoms with Crippen molar-refractivity contribution in [2.24, 2.45) is 0 Å². The third-order valence-electron chi connectivity index (χ3n) is 2.29. The fraction of sp³-hybridized carbons (Fsp3) is 0.600. The third kappa shape index (κ3) is 3.11. The summed E-state index contributed by atoms with van der Waals surface area (Å²) in [5.41, 5.74) is 5.96. The number of nitrogens with two attached hydrogens (primary N) is 1. The van der Waals surface area contributed by atoms with Gasteiger partial charge in [0.25, 0.3) is 0 Å². The standard InChI is InChI=1S/C10H18N4O4/c1-17-6-3-12-9-7(10(16)18-2)8(11)14(13-9)4-5-15/h15H,3-6,11H2,1-2H3,(H,12,13). The number of aliphatic hydroxyl groups excluding tert-OH is 1. The molecule has 1 aromatic rings. The fourth-order valence-electron chi connectivity index (χ4n) is 1.44. The van der Waals surface area contributed by atoms with E-state index in [1.54, 1.807) is 7.11 Å². The molecule has 0 spiro atoms. The van der Waals surface area contributed by atoms with Crippen LogP contribution in [0.3, 0.4) is 0 Å². The molecule has 0 aromatic carbocycles. The highest BCUT2D eigenvalue weighted by Crippen LogP contribution is 2.22. The summed E-state index contributed by atoms with van der Waals surface area (Å²) in [4.78, 5) is 11.6. The maximum Gasteiger partial charge on any atom is 0.345 e. The quantitative estimate of drug-likeness (QED) is 0.438. The minimum Gasteiger partial charge on any atom is -0.465 e. The van der Waals surface area contributed by atoms with Crippen LogP contribution in [-0.2, 0) is 16.0 Å². The van der Waals surface area contributed by atoms with Crippen LogP contribution in [-0.4, -0.2) is 54.8 Å². The first kappa shape index (κ1) is 14.3. The second-order valence-corrected chi connectivity index (χ2v) is 3.47. The number of nitrogens with zero attached hydrogens (tertiary/aromatic N) is 2. The molecule has 1 heterocycles. The summed E-state index contributed by atoms with van der Waals surface area (Å²) in [5, 5.41) is 15.9. The SMILES string of the molecule is COCCNc1nn(CCO)c(N)c1C(=O)OC. The van der Waals surface area contributed by atoms with Crippen molar-refractivity contribution in [1.82, 2.24) is 9.78 Å². The van der Waals surface area contributed by atoms with Crippen LogP contribution >= 0.6 is 0 Å². The normalized spacial score (nSPS) is 10.4. The zero-order valence-corrected chi connectivity index (χ0v) is 10.5. The predicted molar refractivity (Wildman–Crippen MR) is 65.4 cm³/mol. The maximum atomic E-state index is 11.6. The molecule has 0 fully saturated rings. The Morgan fingerprint density at radius 2 is 2.28 bits per heavy atom. The number of esters is 1. The Kier molecular flexibility index (Phi) is 5.40. The van der Waals surface area contributed by atoms with Gasteiger partial charge in [-0.1, -0.05) is 0 Å². The molecule has 8 nitrogen and oxygen atoms in total. The smallest absolute Gasteiger partial charge is 0.345 e. The predicted octanol–water partition coefficient (Wildman–Crippen LogP) is -0.697. The lowest BCUT2D eigenvalue weighted by Gasteiger charge is -2.04.